The normalized spacial score (nSPS) is 20.6. The lowest BCUT2D eigenvalue weighted by Crippen LogP contribution is -2.47. The number of piperidine rings is 1. The van der Waals surface area contributed by atoms with Crippen molar-refractivity contribution in [3.63, 3.8) is 0 Å². The Morgan fingerprint density at radius 3 is 2.43 bits per heavy atom. The van der Waals surface area contributed by atoms with Gasteiger partial charge in [0.1, 0.15) is 12.2 Å². The Morgan fingerprint density at radius 1 is 1.09 bits per heavy atom. The number of amides is 1. The number of benzene rings is 2. The SMILES string of the molecule is Cc1c([C@@H](O)CN2CCC3(CC2)CN(c2ccc(S(C)(=O)=O)cc2)C(=O)O3)ccc2c1COC2=O. The fourth-order valence-corrected chi connectivity index (χ4v) is 5.80. The number of aliphatic hydroxyl groups is 1. The molecule has 2 aromatic rings. The van der Waals surface area contributed by atoms with E-state index in [1.807, 2.05) is 6.92 Å². The van der Waals surface area contributed by atoms with Crippen LogP contribution < -0.4 is 4.90 Å². The van der Waals surface area contributed by atoms with Gasteiger partial charge in [0, 0.05) is 50.0 Å². The van der Waals surface area contributed by atoms with Crippen molar-refractivity contribution in [1.29, 1.82) is 0 Å². The number of carbonyl (C=O) groups is 2. The van der Waals surface area contributed by atoms with E-state index in [2.05, 4.69) is 4.90 Å². The molecule has 9 nitrogen and oxygen atoms in total. The number of β-amino-alcohol motifs (C(OH)–C–C–N with tert-alkyl or cyclic N) is 1. The molecule has 0 saturated carbocycles. The number of ether oxygens (including phenoxy) is 2. The van der Waals surface area contributed by atoms with Crippen LogP contribution in [0.2, 0.25) is 0 Å². The monoisotopic (exact) mass is 500 g/mol. The van der Waals surface area contributed by atoms with E-state index in [-0.39, 0.29) is 17.5 Å². The van der Waals surface area contributed by atoms with Crippen LogP contribution in [-0.4, -0.2) is 68.5 Å². The largest absolute Gasteiger partial charge is 0.457 e. The summed E-state index contributed by atoms with van der Waals surface area (Å²) in [6.07, 6.45) is 1.27. The lowest BCUT2D eigenvalue weighted by atomic mass is 9.90. The van der Waals surface area contributed by atoms with Gasteiger partial charge in [-0.15, -0.1) is 0 Å². The smallest absolute Gasteiger partial charge is 0.415 e. The van der Waals surface area contributed by atoms with Crippen molar-refractivity contribution < 1.29 is 32.6 Å². The summed E-state index contributed by atoms with van der Waals surface area (Å²) in [6.45, 7) is 4.31. The van der Waals surface area contributed by atoms with Gasteiger partial charge < -0.3 is 19.5 Å². The van der Waals surface area contributed by atoms with Crippen molar-refractivity contribution >= 4 is 27.6 Å². The number of nitrogens with zero attached hydrogens (tertiary/aromatic N) is 2. The van der Waals surface area contributed by atoms with E-state index in [4.69, 9.17) is 9.47 Å². The molecule has 3 heterocycles. The van der Waals surface area contributed by atoms with Gasteiger partial charge in [0.05, 0.1) is 23.1 Å². The van der Waals surface area contributed by atoms with E-state index < -0.39 is 27.6 Å². The van der Waals surface area contributed by atoms with Gasteiger partial charge in [-0.1, -0.05) is 6.07 Å². The van der Waals surface area contributed by atoms with Crippen LogP contribution in [0.1, 0.15) is 46.0 Å². The van der Waals surface area contributed by atoms with E-state index in [1.165, 1.54) is 12.1 Å². The van der Waals surface area contributed by atoms with Crippen molar-refractivity contribution in [3.05, 3.63) is 58.7 Å². The van der Waals surface area contributed by atoms with Crippen molar-refractivity contribution in [1.82, 2.24) is 4.90 Å². The molecule has 1 spiro atoms. The van der Waals surface area contributed by atoms with Crippen molar-refractivity contribution in [2.24, 2.45) is 0 Å². The molecule has 10 heteroatoms. The van der Waals surface area contributed by atoms with Crippen LogP contribution in [0.15, 0.2) is 41.3 Å². The molecule has 0 unspecified atom stereocenters. The van der Waals surface area contributed by atoms with Gasteiger partial charge in [0.15, 0.2) is 9.84 Å². The standard InChI is InChI=1S/C25H28N2O7S/c1-16-19(7-8-20-21(16)14-33-23(20)29)22(28)13-26-11-9-25(10-12-26)15-27(24(30)34-25)17-3-5-18(6-4-17)35(2,31)32/h3-8,22,28H,9-15H2,1-2H3/t22-/m0/s1. The average Bonchev–Trinajstić information content (AvgIpc) is 3.35. The van der Waals surface area contributed by atoms with E-state index in [9.17, 15) is 23.1 Å². The zero-order valence-corrected chi connectivity index (χ0v) is 20.5. The first kappa shape index (κ1) is 23.8. The summed E-state index contributed by atoms with van der Waals surface area (Å²) in [5, 5.41) is 10.9. The maximum Gasteiger partial charge on any atom is 0.415 e. The predicted molar refractivity (Wildman–Crippen MR) is 127 cm³/mol. The molecule has 1 N–H and O–H groups in total. The van der Waals surface area contributed by atoms with E-state index in [0.717, 1.165) is 22.9 Å². The predicted octanol–water partition coefficient (Wildman–Crippen LogP) is 2.59. The van der Waals surface area contributed by atoms with Gasteiger partial charge in [0.2, 0.25) is 0 Å². The Kier molecular flexibility index (Phi) is 5.85. The molecular formula is C25H28N2O7S. The molecule has 2 fully saturated rings. The van der Waals surface area contributed by atoms with Crippen molar-refractivity contribution in [3.8, 4) is 0 Å². The highest BCUT2D eigenvalue weighted by Crippen LogP contribution is 2.37. The number of esters is 1. The van der Waals surface area contributed by atoms with E-state index in [0.29, 0.717) is 50.3 Å². The van der Waals surface area contributed by atoms with Crippen LogP contribution in [0.4, 0.5) is 10.5 Å². The van der Waals surface area contributed by atoms with Crippen LogP contribution in [0.25, 0.3) is 0 Å². The van der Waals surface area contributed by atoms with Crippen LogP contribution >= 0.6 is 0 Å². The number of carbonyl (C=O) groups excluding carboxylic acids is 2. The van der Waals surface area contributed by atoms with Crippen LogP contribution in [-0.2, 0) is 25.9 Å². The zero-order chi connectivity index (χ0) is 25.0. The van der Waals surface area contributed by atoms with Crippen LogP contribution in [0.5, 0.6) is 0 Å². The van der Waals surface area contributed by atoms with Crippen molar-refractivity contribution in [2.45, 2.75) is 43.0 Å². The molecule has 0 aliphatic carbocycles. The highest BCUT2D eigenvalue weighted by atomic mass is 32.2. The second-order valence-corrected chi connectivity index (χ2v) is 11.6. The van der Waals surface area contributed by atoms with Crippen LogP contribution in [0.3, 0.4) is 0 Å². The lowest BCUT2D eigenvalue weighted by molar-refractivity contribution is -0.00987. The number of cyclic esters (lactones) is 1. The third kappa shape index (κ3) is 4.41. The topological polar surface area (TPSA) is 113 Å². The molecule has 0 bridgehead atoms. The van der Waals surface area contributed by atoms with Gasteiger partial charge >= 0.3 is 12.1 Å². The molecule has 2 aromatic carbocycles. The van der Waals surface area contributed by atoms with Crippen molar-refractivity contribution in [2.75, 3.05) is 37.3 Å². The molecule has 186 valence electrons. The van der Waals surface area contributed by atoms with Gasteiger partial charge in [-0.3, -0.25) is 4.90 Å². The first-order valence-corrected chi connectivity index (χ1v) is 13.5. The maximum atomic E-state index is 12.6. The van der Waals surface area contributed by atoms with Gasteiger partial charge in [-0.05, 0) is 48.4 Å². The number of fused-ring (bicyclic) bond motifs is 1. The first-order valence-electron chi connectivity index (χ1n) is 11.6. The summed E-state index contributed by atoms with van der Waals surface area (Å²) >= 11 is 0. The Hall–Kier alpha value is -2.95. The molecule has 3 aliphatic heterocycles. The molecule has 1 atom stereocenters. The Morgan fingerprint density at radius 2 is 1.77 bits per heavy atom. The molecule has 3 aliphatic rings. The molecule has 5 rings (SSSR count). The molecule has 0 aromatic heterocycles. The molecule has 2 saturated heterocycles. The number of rotatable bonds is 5. The Balaban J connectivity index is 1.21. The number of anilines is 1. The fraction of sp³-hybridized carbons (Fsp3) is 0.440. The molecule has 35 heavy (non-hydrogen) atoms. The summed E-state index contributed by atoms with van der Waals surface area (Å²) in [6, 6.07) is 9.75. The Labute approximate surface area is 204 Å². The summed E-state index contributed by atoms with van der Waals surface area (Å²) in [5.41, 5.74) is 3.08. The number of sulfone groups is 1. The number of hydrogen-bond acceptors (Lipinski definition) is 8. The summed E-state index contributed by atoms with van der Waals surface area (Å²) in [4.78, 5) is 28.3. The third-order valence-corrected chi connectivity index (χ3v) is 8.44. The average molecular weight is 501 g/mol. The Bertz CT molecular complexity index is 1280. The van der Waals surface area contributed by atoms with Gasteiger partial charge in [0.25, 0.3) is 0 Å². The second kappa shape index (κ2) is 8.61. The molecular weight excluding hydrogens is 472 g/mol. The minimum atomic E-state index is -3.31. The minimum absolute atomic E-state index is 0.202. The van der Waals surface area contributed by atoms with E-state index in [1.54, 1.807) is 29.2 Å². The summed E-state index contributed by atoms with van der Waals surface area (Å²) in [7, 11) is -3.31. The quantitative estimate of drug-likeness (QED) is 0.624. The van der Waals surface area contributed by atoms with Gasteiger partial charge in [-0.2, -0.15) is 0 Å². The van der Waals surface area contributed by atoms with Gasteiger partial charge in [-0.25, -0.2) is 18.0 Å². The third-order valence-electron chi connectivity index (χ3n) is 7.31. The number of likely N-dealkylation sites (tertiary alicyclic amines) is 1. The first-order chi connectivity index (χ1) is 16.6. The maximum absolute atomic E-state index is 12.6. The highest BCUT2D eigenvalue weighted by molar-refractivity contribution is 7.90. The highest BCUT2D eigenvalue weighted by Gasteiger charge is 2.47. The molecule has 1 amide bonds. The van der Waals surface area contributed by atoms with E-state index >= 15 is 0 Å². The number of hydrogen-bond donors (Lipinski definition) is 1. The lowest BCUT2D eigenvalue weighted by Gasteiger charge is -2.38. The van der Waals surface area contributed by atoms with Crippen LogP contribution in [0, 0.1) is 6.92 Å². The zero-order valence-electron chi connectivity index (χ0n) is 19.7. The second-order valence-electron chi connectivity index (χ2n) is 9.60. The minimum Gasteiger partial charge on any atom is -0.457 e. The molecule has 0 radical (unpaired) electrons. The fourth-order valence-electron chi connectivity index (χ4n) is 5.17. The number of aliphatic hydroxyl groups excluding tert-OH is 1. The summed E-state index contributed by atoms with van der Waals surface area (Å²) < 4.78 is 34.3. The summed E-state index contributed by atoms with van der Waals surface area (Å²) in [5.74, 6) is -0.322.